The van der Waals surface area contributed by atoms with Crippen LogP contribution in [-0.2, 0) is 10.0 Å². The molecule has 7 nitrogen and oxygen atoms in total. The van der Waals surface area contributed by atoms with Gasteiger partial charge in [-0.1, -0.05) is 11.6 Å². The maximum atomic E-state index is 14.0. The molecule has 0 bridgehead atoms. The number of sulfonamides is 1. The second-order valence-electron chi connectivity index (χ2n) is 6.98. The topological polar surface area (TPSA) is 76.2 Å². The van der Waals surface area contributed by atoms with Crippen molar-refractivity contribution in [2.45, 2.75) is 11.3 Å². The summed E-state index contributed by atoms with van der Waals surface area (Å²) in [7, 11) is -3.77. The molecule has 1 saturated heterocycles. The van der Waals surface area contributed by atoms with Gasteiger partial charge < -0.3 is 14.4 Å². The van der Waals surface area contributed by atoms with E-state index in [1.165, 1.54) is 33.5 Å². The number of nitrogens with zero attached hydrogens (tertiary/aromatic N) is 2. The summed E-state index contributed by atoms with van der Waals surface area (Å²) in [5.41, 5.74) is -0.123. The average Bonchev–Trinajstić information content (AvgIpc) is 3.00. The van der Waals surface area contributed by atoms with Gasteiger partial charge in [-0.25, -0.2) is 12.8 Å². The molecular weight excluding hydrogens is 435 g/mol. The van der Waals surface area contributed by atoms with Crippen molar-refractivity contribution >= 4 is 27.5 Å². The van der Waals surface area contributed by atoms with E-state index >= 15 is 0 Å². The highest BCUT2D eigenvalue weighted by molar-refractivity contribution is 7.89. The Balaban J connectivity index is 1.47. The lowest BCUT2D eigenvalue weighted by Crippen LogP contribution is -2.50. The third-order valence-electron chi connectivity index (χ3n) is 5.04. The molecule has 0 N–H and O–H groups in total. The first-order chi connectivity index (χ1) is 14.4. The largest absolute Gasteiger partial charge is 0.490 e. The Morgan fingerprint density at radius 3 is 2.40 bits per heavy atom. The van der Waals surface area contributed by atoms with Crippen LogP contribution in [0.1, 0.15) is 16.8 Å². The molecule has 2 heterocycles. The summed E-state index contributed by atoms with van der Waals surface area (Å²) < 4.78 is 52.5. The van der Waals surface area contributed by atoms with E-state index < -0.39 is 21.7 Å². The molecule has 1 fully saturated rings. The van der Waals surface area contributed by atoms with Crippen molar-refractivity contribution in [3.63, 3.8) is 0 Å². The monoisotopic (exact) mass is 454 g/mol. The molecule has 0 aromatic heterocycles. The van der Waals surface area contributed by atoms with Gasteiger partial charge >= 0.3 is 0 Å². The van der Waals surface area contributed by atoms with Crippen LogP contribution in [0.4, 0.5) is 4.39 Å². The molecule has 2 aliphatic rings. The van der Waals surface area contributed by atoms with Gasteiger partial charge in [0.25, 0.3) is 5.91 Å². The molecule has 2 aromatic rings. The Kier molecular flexibility index (Phi) is 5.86. The molecule has 0 aliphatic carbocycles. The first kappa shape index (κ1) is 20.9. The third-order valence-corrected chi connectivity index (χ3v) is 7.17. The predicted molar refractivity (Wildman–Crippen MR) is 108 cm³/mol. The molecule has 0 unspecified atom stereocenters. The van der Waals surface area contributed by atoms with Crippen LogP contribution in [0.25, 0.3) is 0 Å². The molecule has 0 spiro atoms. The van der Waals surface area contributed by atoms with Gasteiger partial charge in [0, 0.05) is 43.7 Å². The van der Waals surface area contributed by atoms with Crippen molar-refractivity contribution in [2.24, 2.45) is 0 Å². The minimum Gasteiger partial charge on any atom is -0.490 e. The Hall–Kier alpha value is -2.36. The number of piperazine rings is 1. The number of benzene rings is 2. The zero-order chi connectivity index (χ0) is 21.3. The van der Waals surface area contributed by atoms with Gasteiger partial charge in [-0.3, -0.25) is 4.79 Å². The fourth-order valence-electron chi connectivity index (χ4n) is 3.42. The number of ether oxygens (including phenoxy) is 2. The van der Waals surface area contributed by atoms with Crippen LogP contribution in [0, 0.1) is 5.82 Å². The fraction of sp³-hybridized carbons (Fsp3) is 0.350. The molecule has 10 heteroatoms. The van der Waals surface area contributed by atoms with E-state index in [0.29, 0.717) is 24.7 Å². The van der Waals surface area contributed by atoms with E-state index in [1.54, 1.807) is 6.07 Å². The summed E-state index contributed by atoms with van der Waals surface area (Å²) in [5, 5.41) is 0.260. The number of carbonyl (C=O) groups is 1. The molecule has 4 rings (SSSR count). The standard InChI is InChI=1S/C20H20ClFN2O5S/c21-14-2-4-17(22)16(12-14)20(25)23-6-8-24(9-7-23)30(26,27)15-3-5-18-19(13-15)29-11-1-10-28-18/h2-5,12-13H,1,6-11H2. The van der Waals surface area contributed by atoms with Crippen LogP contribution in [0.15, 0.2) is 41.3 Å². The Morgan fingerprint density at radius 2 is 1.67 bits per heavy atom. The lowest BCUT2D eigenvalue weighted by Gasteiger charge is -2.34. The molecule has 0 radical (unpaired) electrons. The van der Waals surface area contributed by atoms with Crippen molar-refractivity contribution in [2.75, 3.05) is 39.4 Å². The Morgan fingerprint density at radius 1 is 0.967 bits per heavy atom. The summed E-state index contributed by atoms with van der Waals surface area (Å²) in [6, 6.07) is 8.33. The van der Waals surface area contributed by atoms with Crippen molar-refractivity contribution in [1.29, 1.82) is 0 Å². The lowest BCUT2D eigenvalue weighted by molar-refractivity contribution is 0.0693. The van der Waals surface area contributed by atoms with Crippen molar-refractivity contribution in [3.8, 4) is 11.5 Å². The zero-order valence-corrected chi connectivity index (χ0v) is 17.6. The predicted octanol–water partition coefficient (Wildman–Crippen LogP) is 2.79. The maximum Gasteiger partial charge on any atom is 0.256 e. The molecule has 0 atom stereocenters. The van der Waals surface area contributed by atoms with Gasteiger partial charge in [0.15, 0.2) is 11.5 Å². The summed E-state index contributed by atoms with van der Waals surface area (Å²) in [6.45, 7) is 1.47. The van der Waals surface area contributed by atoms with Gasteiger partial charge in [0.1, 0.15) is 5.82 Å². The van der Waals surface area contributed by atoms with E-state index in [2.05, 4.69) is 0 Å². The van der Waals surface area contributed by atoms with Crippen LogP contribution in [-0.4, -0.2) is 62.9 Å². The number of hydrogen-bond donors (Lipinski definition) is 0. The number of hydrogen-bond acceptors (Lipinski definition) is 5. The van der Waals surface area contributed by atoms with E-state index in [4.69, 9.17) is 21.1 Å². The van der Waals surface area contributed by atoms with Crippen LogP contribution in [0.5, 0.6) is 11.5 Å². The van der Waals surface area contributed by atoms with Crippen molar-refractivity contribution in [3.05, 3.63) is 52.8 Å². The van der Waals surface area contributed by atoms with Crippen LogP contribution < -0.4 is 9.47 Å². The number of carbonyl (C=O) groups excluding carboxylic acids is 1. The SMILES string of the molecule is O=C(c1cc(Cl)ccc1F)N1CCN(S(=O)(=O)c2ccc3c(c2)OCCCO3)CC1. The molecule has 1 amide bonds. The summed E-state index contributed by atoms with van der Waals surface area (Å²) in [5.74, 6) is -0.251. The maximum absolute atomic E-state index is 14.0. The summed E-state index contributed by atoms with van der Waals surface area (Å²) >= 11 is 5.87. The number of amides is 1. The number of fused-ring (bicyclic) bond motifs is 1. The Labute approximate surface area is 179 Å². The van der Waals surface area contributed by atoms with Crippen LogP contribution >= 0.6 is 11.6 Å². The fourth-order valence-corrected chi connectivity index (χ4v) is 5.03. The van der Waals surface area contributed by atoms with E-state index in [1.807, 2.05) is 0 Å². The van der Waals surface area contributed by atoms with Gasteiger partial charge in [0.05, 0.1) is 23.7 Å². The minimum atomic E-state index is -3.77. The summed E-state index contributed by atoms with van der Waals surface area (Å²) in [6.07, 6.45) is 0.722. The average molecular weight is 455 g/mol. The molecule has 160 valence electrons. The second kappa shape index (κ2) is 8.41. The van der Waals surface area contributed by atoms with Crippen LogP contribution in [0.2, 0.25) is 5.02 Å². The van der Waals surface area contributed by atoms with Gasteiger partial charge in [0.2, 0.25) is 10.0 Å². The van der Waals surface area contributed by atoms with Crippen LogP contribution in [0.3, 0.4) is 0 Å². The normalized spacial score (nSPS) is 17.5. The molecule has 0 saturated carbocycles. The second-order valence-corrected chi connectivity index (χ2v) is 9.35. The lowest BCUT2D eigenvalue weighted by atomic mass is 10.1. The Bertz CT molecular complexity index is 1070. The highest BCUT2D eigenvalue weighted by Crippen LogP contribution is 2.33. The van der Waals surface area contributed by atoms with Crippen molar-refractivity contribution < 1.29 is 27.1 Å². The molecular formula is C20H20ClFN2O5S. The first-order valence-electron chi connectivity index (χ1n) is 9.50. The smallest absolute Gasteiger partial charge is 0.256 e. The van der Waals surface area contributed by atoms with Gasteiger partial charge in [-0.2, -0.15) is 4.31 Å². The third kappa shape index (κ3) is 4.10. The van der Waals surface area contributed by atoms with Crippen molar-refractivity contribution in [1.82, 2.24) is 9.21 Å². The molecule has 2 aromatic carbocycles. The molecule has 2 aliphatic heterocycles. The highest BCUT2D eigenvalue weighted by Gasteiger charge is 2.32. The minimum absolute atomic E-state index is 0.102. The summed E-state index contributed by atoms with van der Waals surface area (Å²) in [4.78, 5) is 14.2. The van der Waals surface area contributed by atoms with E-state index in [9.17, 15) is 17.6 Å². The quantitative estimate of drug-likeness (QED) is 0.712. The highest BCUT2D eigenvalue weighted by atomic mass is 35.5. The molecule has 30 heavy (non-hydrogen) atoms. The zero-order valence-electron chi connectivity index (χ0n) is 16.0. The number of halogens is 2. The van der Waals surface area contributed by atoms with E-state index in [0.717, 1.165) is 12.5 Å². The number of rotatable bonds is 3. The van der Waals surface area contributed by atoms with Gasteiger partial charge in [-0.15, -0.1) is 0 Å². The first-order valence-corrected chi connectivity index (χ1v) is 11.3. The van der Waals surface area contributed by atoms with E-state index in [-0.39, 0.29) is 41.7 Å². The van der Waals surface area contributed by atoms with Gasteiger partial charge in [-0.05, 0) is 30.3 Å².